The van der Waals surface area contributed by atoms with Gasteiger partial charge in [-0.2, -0.15) is 0 Å². The minimum atomic E-state index is 0.446. The average molecular weight is 350 g/mol. The maximum absolute atomic E-state index is 10.8. The smallest absolute Gasteiger partial charge is 0.142 e. The van der Waals surface area contributed by atoms with Crippen LogP contribution in [0.15, 0.2) is 6.07 Å². The van der Waals surface area contributed by atoms with Gasteiger partial charge in [0.05, 0.1) is 5.69 Å². The third-order valence-electron chi connectivity index (χ3n) is 5.61. The molecule has 0 saturated heterocycles. The third-order valence-corrected chi connectivity index (χ3v) is 5.61. The van der Waals surface area contributed by atoms with Crippen LogP contribution in [0.25, 0.3) is 0 Å². The number of aryl methyl sites for hydroxylation is 1. The van der Waals surface area contributed by atoms with Gasteiger partial charge in [0.15, 0.2) is 0 Å². The van der Waals surface area contributed by atoms with Gasteiger partial charge in [-0.3, -0.25) is 0 Å². The zero-order chi connectivity index (χ0) is 19.0. The van der Waals surface area contributed by atoms with E-state index in [1.54, 1.807) is 0 Å². The van der Waals surface area contributed by atoms with Crippen molar-refractivity contribution < 1.29 is 5.11 Å². The summed E-state index contributed by atoms with van der Waals surface area (Å²) in [6.07, 6.45) is 0. The molecular formula is C21H39N3O. The van der Waals surface area contributed by atoms with E-state index < -0.39 is 0 Å². The van der Waals surface area contributed by atoms with Crippen molar-refractivity contribution in [2.45, 2.75) is 48.5 Å². The van der Waals surface area contributed by atoms with Crippen molar-refractivity contribution in [1.29, 1.82) is 0 Å². The third kappa shape index (κ3) is 5.89. The summed E-state index contributed by atoms with van der Waals surface area (Å²) in [5.74, 6) is 0.446. The first-order chi connectivity index (χ1) is 11.9. The number of aromatic hydroxyl groups is 1. The molecule has 1 N–H and O–H groups in total. The van der Waals surface area contributed by atoms with Gasteiger partial charge in [-0.25, -0.2) is 0 Å². The van der Waals surface area contributed by atoms with E-state index in [9.17, 15) is 5.11 Å². The lowest BCUT2D eigenvalue weighted by Gasteiger charge is -2.31. The first-order valence-electron chi connectivity index (χ1n) is 9.88. The molecule has 0 atom stereocenters. The second-order valence-electron chi connectivity index (χ2n) is 6.85. The van der Waals surface area contributed by atoms with Crippen LogP contribution in [-0.4, -0.2) is 67.3 Å². The molecule has 144 valence electrons. The highest BCUT2D eigenvalue weighted by molar-refractivity contribution is 5.65. The van der Waals surface area contributed by atoms with E-state index in [1.165, 1.54) is 11.1 Å². The molecule has 0 fully saturated rings. The van der Waals surface area contributed by atoms with Crippen molar-refractivity contribution >= 4 is 5.69 Å². The van der Waals surface area contributed by atoms with Crippen LogP contribution < -0.4 is 4.90 Å². The normalized spacial score (nSPS) is 11.6. The summed E-state index contributed by atoms with van der Waals surface area (Å²) in [6, 6.07) is 2.15. The molecule has 0 saturated carbocycles. The molecule has 4 heteroatoms. The van der Waals surface area contributed by atoms with E-state index >= 15 is 0 Å². The van der Waals surface area contributed by atoms with Crippen LogP contribution >= 0.6 is 0 Å². The molecule has 0 spiro atoms. The predicted octanol–water partition coefficient (Wildman–Crippen LogP) is 3.81. The number of phenolic OH excluding ortho intramolecular Hbond substituents is 1. The van der Waals surface area contributed by atoms with E-state index in [4.69, 9.17) is 0 Å². The van der Waals surface area contributed by atoms with Crippen LogP contribution in [0, 0.1) is 20.8 Å². The molecule has 0 amide bonds. The lowest BCUT2D eigenvalue weighted by atomic mass is 10.0. The Hall–Kier alpha value is -1.26. The predicted molar refractivity (Wildman–Crippen MR) is 110 cm³/mol. The van der Waals surface area contributed by atoms with Crippen LogP contribution in [0.1, 0.15) is 44.4 Å². The molecule has 1 aromatic carbocycles. The van der Waals surface area contributed by atoms with Crippen LogP contribution in [0.3, 0.4) is 0 Å². The number of benzene rings is 1. The van der Waals surface area contributed by atoms with Crippen molar-refractivity contribution in [2.75, 3.05) is 57.3 Å². The lowest BCUT2D eigenvalue weighted by Crippen LogP contribution is -2.40. The Morgan fingerprint density at radius 1 is 0.720 bits per heavy atom. The molecule has 0 aromatic heterocycles. The summed E-state index contributed by atoms with van der Waals surface area (Å²) in [5, 5.41) is 10.8. The Kier molecular flexibility index (Phi) is 9.30. The maximum atomic E-state index is 10.8. The van der Waals surface area contributed by atoms with Gasteiger partial charge in [0.25, 0.3) is 0 Å². The van der Waals surface area contributed by atoms with E-state index in [-0.39, 0.29) is 0 Å². The molecule has 0 bridgehead atoms. The Bertz CT molecular complexity index is 506. The van der Waals surface area contributed by atoms with Crippen LogP contribution in [0.2, 0.25) is 0 Å². The fourth-order valence-corrected chi connectivity index (χ4v) is 3.24. The highest BCUT2D eigenvalue weighted by Gasteiger charge is 2.17. The number of rotatable bonds is 11. The highest BCUT2D eigenvalue weighted by Crippen LogP contribution is 2.34. The van der Waals surface area contributed by atoms with E-state index in [0.717, 1.165) is 63.6 Å². The van der Waals surface area contributed by atoms with Crippen molar-refractivity contribution in [1.82, 2.24) is 9.80 Å². The van der Waals surface area contributed by atoms with Crippen molar-refractivity contribution in [3.8, 4) is 5.75 Å². The molecule has 0 aliphatic carbocycles. The molecule has 4 nitrogen and oxygen atoms in total. The number of phenols is 1. The lowest BCUT2D eigenvalue weighted by molar-refractivity contribution is 0.293. The van der Waals surface area contributed by atoms with E-state index in [2.05, 4.69) is 62.3 Å². The Morgan fingerprint density at radius 2 is 1.16 bits per heavy atom. The SMILES string of the molecule is CCN(CC)CCN(CCN(CC)CC)c1cc(C)c(C)c(C)c1O. The zero-order valence-corrected chi connectivity index (χ0v) is 17.5. The first kappa shape index (κ1) is 21.8. The number of likely N-dealkylation sites (N-methyl/N-ethyl adjacent to an activating group) is 2. The molecule has 0 aliphatic heterocycles. The molecule has 0 radical (unpaired) electrons. The van der Waals surface area contributed by atoms with Crippen LogP contribution in [0.5, 0.6) is 5.75 Å². The van der Waals surface area contributed by atoms with Crippen molar-refractivity contribution in [2.24, 2.45) is 0 Å². The van der Waals surface area contributed by atoms with Gasteiger partial charge in [-0.05, 0) is 69.7 Å². The van der Waals surface area contributed by atoms with Gasteiger partial charge in [0, 0.05) is 26.2 Å². The van der Waals surface area contributed by atoms with Gasteiger partial charge in [-0.1, -0.05) is 27.7 Å². The summed E-state index contributed by atoms with van der Waals surface area (Å²) < 4.78 is 0. The number of hydrogen-bond donors (Lipinski definition) is 1. The fourth-order valence-electron chi connectivity index (χ4n) is 3.24. The topological polar surface area (TPSA) is 30.0 Å². The molecular weight excluding hydrogens is 310 g/mol. The van der Waals surface area contributed by atoms with Crippen LogP contribution in [-0.2, 0) is 0 Å². The maximum Gasteiger partial charge on any atom is 0.142 e. The molecule has 0 unspecified atom stereocenters. The Morgan fingerprint density at radius 3 is 1.56 bits per heavy atom. The second-order valence-corrected chi connectivity index (χ2v) is 6.85. The number of anilines is 1. The summed E-state index contributed by atoms with van der Waals surface area (Å²) in [4.78, 5) is 7.25. The van der Waals surface area contributed by atoms with Crippen LogP contribution in [0.4, 0.5) is 5.69 Å². The first-order valence-corrected chi connectivity index (χ1v) is 9.88. The van der Waals surface area contributed by atoms with Gasteiger partial charge >= 0.3 is 0 Å². The molecule has 0 heterocycles. The molecule has 1 rings (SSSR count). The van der Waals surface area contributed by atoms with E-state index in [0.29, 0.717) is 5.75 Å². The molecule has 25 heavy (non-hydrogen) atoms. The van der Waals surface area contributed by atoms with Gasteiger partial charge < -0.3 is 19.8 Å². The summed E-state index contributed by atoms with van der Waals surface area (Å²) in [7, 11) is 0. The van der Waals surface area contributed by atoms with Crippen molar-refractivity contribution in [3.63, 3.8) is 0 Å². The van der Waals surface area contributed by atoms with Crippen molar-refractivity contribution in [3.05, 3.63) is 22.8 Å². The van der Waals surface area contributed by atoms with E-state index in [1.807, 2.05) is 6.92 Å². The van der Waals surface area contributed by atoms with Gasteiger partial charge in [-0.15, -0.1) is 0 Å². The summed E-state index contributed by atoms with van der Waals surface area (Å²) in [5.41, 5.74) is 4.43. The summed E-state index contributed by atoms with van der Waals surface area (Å²) in [6.45, 7) is 23.3. The largest absolute Gasteiger partial charge is 0.505 e. The Labute approximate surface area is 155 Å². The quantitative estimate of drug-likeness (QED) is 0.658. The highest BCUT2D eigenvalue weighted by atomic mass is 16.3. The van der Waals surface area contributed by atoms with Gasteiger partial charge in [0.2, 0.25) is 0 Å². The summed E-state index contributed by atoms with van der Waals surface area (Å²) >= 11 is 0. The minimum Gasteiger partial charge on any atom is -0.505 e. The Balaban J connectivity index is 3.04. The molecule has 0 aliphatic rings. The minimum absolute atomic E-state index is 0.446. The zero-order valence-electron chi connectivity index (χ0n) is 17.5. The number of hydrogen-bond acceptors (Lipinski definition) is 4. The number of nitrogens with zero attached hydrogens (tertiary/aromatic N) is 3. The fraction of sp³-hybridized carbons (Fsp3) is 0.714. The van der Waals surface area contributed by atoms with Gasteiger partial charge in [0.1, 0.15) is 5.75 Å². The molecule has 1 aromatic rings. The monoisotopic (exact) mass is 349 g/mol. The standard InChI is InChI=1S/C21H39N3O/c1-8-22(9-2)12-14-24(15-13-23(10-3)11-4)20-16-17(5)18(6)19(7)21(20)25/h16,25H,8-15H2,1-7H3. The second kappa shape index (κ2) is 10.7. The average Bonchev–Trinajstić information content (AvgIpc) is 2.63.